The van der Waals surface area contributed by atoms with Crippen LogP contribution >= 0.6 is 11.3 Å². The Labute approximate surface area is 133 Å². The molecule has 0 aliphatic carbocycles. The molecule has 0 spiro atoms. The number of thiazole rings is 1. The number of carbonyl (C=O) groups excluding carboxylic acids is 1. The maximum atomic E-state index is 12.8. The summed E-state index contributed by atoms with van der Waals surface area (Å²) in [5, 5.41) is 10.7. The average molecular weight is 318 g/mol. The van der Waals surface area contributed by atoms with Crippen LogP contribution in [-0.2, 0) is 4.74 Å². The van der Waals surface area contributed by atoms with E-state index in [-0.39, 0.29) is 12.5 Å². The Balaban J connectivity index is 1.92. The molecule has 6 heteroatoms. The van der Waals surface area contributed by atoms with Crippen molar-refractivity contribution in [3.05, 3.63) is 40.2 Å². The van der Waals surface area contributed by atoms with Gasteiger partial charge in [-0.1, -0.05) is 30.3 Å². The monoisotopic (exact) mass is 318 g/mol. The summed E-state index contributed by atoms with van der Waals surface area (Å²) >= 11 is 1.39. The summed E-state index contributed by atoms with van der Waals surface area (Å²) in [4.78, 5) is 19.6. The third-order valence-electron chi connectivity index (χ3n) is 3.51. The summed E-state index contributed by atoms with van der Waals surface area (Å²) < 4.78 is 5.29. The molecule has 1 fully saturated rings. The van der Waals surface area contributed by atoms with Crippen molar-refractivity contribution in [3.63, 3.8) is 0 Å². The number of nitrogens with zero attached hydrogens (tertiary/aromatic N) is 2. The van der Waals surface area contributed by atoms with E-state index in [0.717, 1.165) is 10.6 Å². The first-order chi connectivity index (χ1) is 10.6. The van der Waals surface area contributed by atoms with Crippen LogP contribution in [0.2, 0.25) is 0 Å². The molecule has 0 saturated carbocycles. The molecule has 2 aromatic rings. The summed E-state index contributed by atoms with van der Waals surface area (Å²) in [5.74, 6) is -0.0889. The first kappa shape index (κ1) is 15.1. The van der Waals surface area contributed by atoms with Gasteiger partial charge in [0, 0.05) is 18.7 Å². The lowest BCUT2D eigenvalue weighted by atomic mass is 10.1. The summed E-state index contributed by atoms with van der Waals surface area (Å²) in [6.45, 7) is 3.40. The highest BCUT2D eigenvalue weighted by Crippen LogP contribution is 2.29. The SMILES string of the molecule is Cc1nc(-c2ccccc2)c(C(=O)N2CCOC[C@@H](O)C2)s1. The number of hydrogen-bond donors (Lipinski definition) is 1. The Kier molecular flexibility index (Phi) is 4.52. The van der Waals surface area contributed by atoms with Crippen LogP contribution in [0.4, 0.5) is 0 Å². The van der Waals surface area contributed by atoms with Gasteiger partial charge in [0.1, 0.15) is 4.88 Å². The van der Waals surface area contributed by atoms with Gasteiger partial charge in [0.2, 0.25) is 0 Å². The molecule has 3 rings (SSSR count). The van der Waals surface area contributed by atoms with Gasteiger partial charge >= 0.3 is 0 Å². The van der Waals surface area contributed by atoms with Gasteiger partial charge in [0.05, 0.1) is 30.0 Å². The fraction of sp³-hybridized carbons (Fsp3) is 0.375. The molecule has 1 amide bonds. The van der Waals surface area contributed by atoms with Crippen LogP contribution in [0, 0.1) is 6.92 Å². The predicted molar refractivity (Wildman–Crippen MR) is 85.0 cm³/mol. The van der Waals surface area contributed by atoms with Crippen molar-refractivity contribution >= 4 is 17.2 Å². The van der Waals surface area contributed by atoms with Crippen LogP contribution in [0.1, 0.15) is 14.7 Å². The van der Waals surface area contributed by atoms with Gasteiger partial charge in [-0.2, -0.15) is 0 Å². The topological polar surface area (TPSA) is 62.7 Å². The number of carbonyl (C=O) groups is 1. The predicted octanol–water partition coefficient (Wildman–Crippen LogP) is 1.95. The molecule has 1 aromatic carbocycles. The van der Waals surface area contributed by atoms with Crippen molar-refractivity contribution in [3.8, 4) is 11.3 Å². The number of amides is 1. The number of aryl methyl sites for hydroxylation is 1. The molecule has 1 atom stereocenters. The van der Waals surface area contributed by atoms with E-state index in [2.05, 4.69) is 4.98 Å². The van der Waals surface area contributed by atoms with Crippen molar-refractivity contribution < 1.29 is 14.6 Å². The summed E-state index contributed by atoms with van der Waals surface area (Å²) in [6.07, 6.45) is -0.638. The molecule has 2 heterocycles. The van der Waals surface area contributed by atoms with Gasteiger partial charge in [0.25, 0.3) is 5.91 Å². The van der Waals surface area contributed by atoms with E-state index in [9.17, 15) is 9.90 Å². The number of benzene rings is 1. The number of β-amino-alcohol motifs (C(OH)–C–C–N with tert-alkyl or cyclic N) is 1. The number of hydrogen-bond acceptors (Lipinski definition) is 5. The molecule has 1 aliphatic heterocycles. The fourth-order valence-corrected chi connectivity index (χ4v) is 3.39. The van der Waals surface area contributed by atoms with Crippen LogP contribution in [0.25, 0.3) is 11.3 Å². The average Bonchev–Trinajstić information content (AvgIpc) is 2.78. The first-order valence-electron chi connectivity index (χ1n) is 7.23. The lowest BCUT2D eigenvalue weighted by molar-refractivity contribution is 0.0535. The summed E-state index contributed by atoms with van der Waals surface area (Å²) in [5.41, 5.74) is 1.65. The van der Waals surface area contributed by atoms with Crippen LogP contribution in [-0.4, -0.2) is 53.3 Å². The minimum absolute atomic E-state index is 0.0889. The largest absolute Gasteiger partial charge is 0.389 e. The molecule has 116 valence electrons. The smallest absolute Gasteiger partial charge is 0.266 e. The molecule has 0 bridgehead atoms. The molecule has 0 unspecified atom stereocenters. The number of rotatable bonds is 2. The summed E-state index contributed by atoms with van der Waals surface area (Å²) in [7, 11) is 0. The quantitative estimate of drug-likeness (QED) is 0.919. The lowest BCUT2D eigenvalue weighted by Crippen LogP contribution is -2.37. The number of aliphatic hydroxyl groups excluding tert-OH is 1. The Hall–Kier alpha value is -1.76. The zero-order chi connectivity index (χ0) is 15.5. The van der Waals surface area contributed by atoms with E-state index in [0.29, 0.717) is 30.3 Å². The van der Waals surface area contributed by atoms with Gasteiger partial charge in [-0.25, -0.2) is 4.98 Å². The van der Waals surface area contributed by atoms with Crippen molar-refractivity contribution in [2.45, 2.75) is 13.0 Å². The fourth-order valence-electron chi connectivity index (χ4n) is 2.48. The van der Waals surface area contributed by atoms with E-state index in [1.54, 1.807) is 4.90 Å². The zero-order valence-electron chi connectivity index (χ0n) is 12.4. The first-order valence-corrected chi connectivity index (χ1v) is 8.04. The Morgan fingerprint density at radius 3 is 2.95 bits per heavy atom. The molecule has 5 nitrogen and oxygen atoms in total. The van der Waals surface area contributed by atoms with E-state index >= 15 is 0 Å². The third-order valence-corrected chi connectivity index (χ3v) is 4.47. The van der Waals surface area contributed by atoms with Crippen LogP contribution in [0.15, 0.2) is 30.3 Å². The van der Waals surface area contributed by atoms with Crippen molar-refractivity contribution in [1.82, 2.24) is 9.88 Å². The maximum Gasteiger partial charge on any atom is 0.266 e. The van der Waals surface area contributed by atoms with Crippen LogP contribution < -0.4 is 0 Å². The van der Waals surface area contributed by atoms with E-state index < -0.39 is 6.10 Å². The van der Waals surface area contributed by atoms with Gasteiger partial charge in [-0.3, -0.25) is 4.79 Å². The Morgan fingerprint density at radius 1 is 1.41 bits per heavy atom. The highest BCUT2D eigenvalue weighted by molar-refractivity contribution is 7.14. The Morgan fingerprint density at radius 2 is 2.18 bits per heavy atom. The second-order valence-electron chi connectivity index (χ2n) is 5.26. The molecule has 1 aliphatic rings. The van der Waals surface area contributed by atoms with Crippen molar-refractivity contribution in [1.29, 1.82) is 0 Å². The zero-order valence-corrected chi connectivity index (χ0v) is 13.2. The standard InChI is InChI=1S/C16H18N2O3S/c1-11-17-14(12-5-3-2-4-6-12)15(22-11)16(20)18-7-8-21-10-13(19)9-18/h2-6,13,19H,7-10H2,1H3/t13-/m0/s1. The maximum absolute atomic E-state index is 12.8. The molecule has 1 aromatic heterocycles. The normalized spacial score (nSPS) is 19.0. The lowest BCUT2D eigenvalue weighted by Gasteiger charge is -2.21. The highest BCUT2D eigenvalue weighted by Gasteiger charge is 2.26. The van der Waals surface area contributed by atoms with Gasteiger partial charge < -0.3 is 14.7 Å². The molecular formula is C16H18N2O3S. The van der Waals surface area contributed by atoms with E-state index in [4.69, 9.17) is 4.74 Å². The number of aromatic nitrogens is 1. The van der Waals surface area contributed by atoms with E-state index in [1.165, 1.54) is 11.3 Å². The number of ether oxygens (including phenoxy) is 1. The highest BCUT2D eigenvalue weighted by atomic mass is 32.1. The number of aliphatic hydroxyl groups is 1. The molecule has 1 saturated heterocycles. The molecule has 1 N–H and O–H groups in total. The van der Waals surface area contributed by atoms with Gasteiger partial charge in [-0.05, 0) is 6.92 Å². The Bertz CT molecular complexity index is 657. The van der Waals surface area contributed by atoms with Gasteiger partial charge in [0.15, 0.2) is 0 Å². The van der Waals surface area contributed by atoms with Crippen molar-refractivity contribution in [2.24, 2.45) is 0 Å². The minimum atomic E-state index is -0.638. The molecular weight excluding hydrogens is 300 g/mol. The summed E-state index contributed by atoms with van der Waals surface area (Å²) in [6, 6.07) is 9.70. The second kappa shape index (κ2) is 6.56. The van der Waals surface area contributed by atoms with Crippen LogP contribution in [0.3, 0.4) is 0 Å². The molecule has 22 heavy (non-hydrogen) atoms. The minimum Gasteiger partial charge on any atom is -0.389 e. The van der Waals surface area contributed by atoms with Crippen molar-refractivity contribution in [2.75, 3.05) is 26.3 Å². The van der Waals surface area contributed by atoms with Gasteiger partial charge in [-0.15, -0.1) is 11.3 Å². The second-order valence-corrected chi connectivity index (χ2v) is 6.46. The van der Waals surface area contributed by atoms with E-state index in [1.807, 2.05) is 37.3 Å². The van der Waals surface area contributed by atoms with Crippen LogP contribution in [0.5, 0.6) is 0 Å². The molecule has 0 radical (unpaired) electrons. The third kappa shape index (κ3) is 3.19.